The van der Waals surface area contributed by atoms with E-state index >= 15 is 0 Å². The molecule has 0 aliphatic carbocycles. The molecule has 1 heterocycles. The summed E-state index contributed by atoms with van der Waals surface area (Å²) in [6.07, 6.45) is 4.99. The van der Waals surface area contributed by atoms with E-state index in [2.05, 4.69) is 38.7 Å². The molecule has 0 bridgehead atoms. The molecule has 0 saturated heterocycles. The summed E-state index contributed by atoms with van der Waals surface area (Å²) in [7, 11) is 3.48. The van der Waals surface area contributed by atoms with Crippen molar-refractivity contribution in [2.24, 2.45) is 4.99 Å². The number of methoxy groups -OCH3 is 1. The molecule has 0 radical (unpaired) electrons. The molecule has 0 aliphatic rings. The van der Waals surface area contributed by atoms with Crippen LogP contribution < -0.4 is 15.4 Å². The molecule has 0 spiro atoms. The normalized spacial score (nSPS) is 11.4. The highest BCUT2D eigenvalue weighted by molar-refractivity contribution is 5.79. The zero-order chi connectivity index (χ0) is 17.7. The van der Waals surface area contributed by atoms with Crippen LogP contribution in [0.1, 0.15) is 12.0 Å². The Bertz CT molecular complexity index is 626. The number of guanidine groups is 1. The fourth-order valence-corrected chi connectivity index (χ4v) is 2.37. The summed E-state index contributed by atoms with van der Waals surface area (Å²) in [5.41, 5.74) is 1.15. The first kappa shape index (κ1) is 18.9. The number of hydrogen-bond donors (Lipinski definition) is 2. The van der Waals surface area contributed by atoms with Gasteiger partial charge in [0.1, 0.15) is 5.75 Å². The summed E-state index contributed by atoms with van der Waals surface area (Å²) in [4.78, 5) is 4.25. The summed E-state index contributed by atoms with van der Waals surface area (Å²) in [5.74, 6) is 1.67. The maximum atomic E-state index is 5.73. The summed E-state index contributed by atoms with van der Waals surface area (Å²) in [6.45, 7) is 3.79. The van der Waals surface area contributed by atoms with Gasteiger partial charge in [-0.25, -0.2) is 0 Å². The Labute approximate surface area is 149 Å². The highest BCUT2D eigenvalue weighted by atomic mass is 16.5. The van der Waals surface area contributed by atoms with Crippen molar-refractivity contribution in [2.45, 2.75) is 19.5 Å². The van der Waals surface area contributed by atoms with Crippen molar-refractivity contribution in [3.8, 4) is 5.75 Å². The average Bonchev–Trinajstić information content (AvgIpc) is 3.15. The third-order valence-corrected chi connectivity index (χ3v) is 3.67. The standard InChI is InChI=1S/C19H28N4O2/c1-20-19(21-9-12-23-10-3-4-11-23)22-16-17-7-5-8-18(15-17)25-14-6-13-24-2/h3-5,7-8,10-11,15H,6,9,12-14,16H2,1-2H3,(H2,20,21,22). The Kier molecular flexibility index (Phi) is 8.41. The van der Waals surface area contributed by atoms with Crippen LogP contribution in [-0.2, 0) is 17.8 Å². The van der Waals surface area contributed by atoms with Gasteiger partial charge in [0.2, 0.25) is 0 Å². The number of ether oxygens (including phenoxy) is 2. The minimum absolute atomic E-state index is 0.660. The van der Waals surface area contributed by atoms with Gasteiger partial charge < -0.3 is 24.7 Å². The molecule has 25 heavy (non-hydrogen) atoms. The number of aliphatic imine (C=N–C) groups is 1. The molecule has 0 aliphatic heterocycles. The van der Waals surface area contributed by atoms with Crippen molar-refractivity contribution in [3.05, 3.63) is 54.4 Å². The quantitative estimate of drug-likeness (QED) is 0.394. The fraction of sp³-hybridized carbons (Fsp3) is 0.421. The van der Waals surface area contributed by atoms with E-state index in [1.165, 1.54) is 0 Å². The van der Waals surface area contributed by atoms with Gasteiger partial charge in [-0.2, -0.15) is 0 Å². The van der Waals surface area contributed by atoms with E-state index < -0.39 is 0 Å². The molecule has 6 heteroatoms. The van der Waals surface area contributed by atoms with Gasteiger partial charge in [-0.15, -0.1) is 0 Å². The van der Waals surface area contributed by atoms with Crippen molar-refractivity contribution < 1.29 is 9.47 Å². The molecule has 0 fully saturated rings. The van der Waals surface area contributed by atoms with Gasteiger partial charge in [0, 0.05) is 59.2 Å². The SMILES string of the molecule is CN=C(NCCn1cccc1)NCc1cccc(OCCCOC)c1. The van der Waals surface area contributed by atoms with Crippen LogP contribution in [0, 0.1) is 0 Å². The van der Waals surface area contributed by atoms with E-state index in [-0.39, 0.29) is 0 Å². The van der Waals surface area contributed by atoms with E-state index in [0.717, 1.165) is 36.8 Å². The molecule has 136 valence electrons. The maximum absolute atomic E-state index is 5.73. The van der Waals surface area contributed by atoms with Crippen molar-refractivity contribution in [1.82, 2.24) is 15.2 Å². The molecular weight excluding hydrogens is 316 g/mol. The molecular formula is C19H28N4O2. The second-order valence-electron chi connectivity index (χ2n) is 5.62. The third-order valence-electron chi connectivity index (χ3n) is 3.67. The van der Waals surface area contributed by atoms with Crippen LogP contribution in [0.4, 0.5) is 0 Å². The van der Waals surface area contributed by atoms with E-state index in [1.807, 2.05) is 30.3 Å². The van der Waals surface area contributed by atoms with E-state index in [1.54, 1.807) is 14.2 Å². The van der Waals surface area contributed by atoms with Crippen LogP contribution >= 0.6 is 0 Å². The van der Waals surface area contributed by atoms with Crippen LogP contribution in [0.25, 0.3) is 0 Å². The van der Waals surface area contributed by atoms with Gasteiger partial charge in [-0.3, -0.25) is 4.99 Å². The summed E-state index contributed by atoms with van der Waals surface area (Å²) < 4.78 is 12.9. The van der Waals surface area contributed by atoms with Crippen LogP contribution in [0.3, 0.4) is 0 Å². The van der Waals surface area contributed by atoms with Crippen molar-refractivity contribution in [2.75, 3.05) is 33.9 Å². The number of aromatic nitrogens is 1. The lowest BCUT2D eigenvalue weighted by atomic mass is 10.2. The van der Waals surface area contributed by atoms with Crippen LogP contribution in [0.2, 0.25) is 0 Å². The molecule has 0 unspecified atom stereocenters. The van der Waals surface area contributed by atoms with Gasteiger partial charge in [0.15, 0.2) is 5.96 Å². The highest BCUT2D eigenvalue weighted by Gasteiger charge is 2.00. The van der Waals surface area contributed by atoms with Crippen LogP contribution in [0.15, 0.2) is 53.8 Å². The second kappa shape index (κ2) is 11.1. The Balaban J connectivity index is 1.72. The van der Waals surface area contributed by atoms with Crippen molar-refractivity contribution in [1.29, 1.82) is 0 Å². The lowest BCUT2D eigenvalue weighted by Crippen LogP contribution is -2.38. The predicted octanol–water partition coefficient (Wildman–Crippen LogP) is 2.27. The smallest absolute Gasteiger partial charge is 0.191 e. The minimum Gasteiger partial charge on any atom is -0.493 e. The summed E-state index contributed by atoms with van der Waals surface area (Å²) in [5, 5.41) is 6.64. The number of nitrogens with one attached hydrogen (secondary N) is 2. The number of hydrogen-bond acceptors (Lipinski definition) is 3. The maximum Gasteiger partial charge on any atom is 0.191 e. The largest absolute Gasteiger partial charge is 0.493 e. The van der Waals surface area contributed by atoms with Crippen molar-refractivity contribution >= 4 is 5.96 Å². The zero-order valence-electron chi connectivity index (χ0n) is 15.1. The Hall–Kier alpha value is -2.47. The third kappa shape index (κ3) is 7.30. The Morgan fingerprint density at radius 3 is 2.72 bits per heavy atom. The monoisotopic (exact) mass is 344 g/mol. The molecule has 2 aromatic rings. The first-order chi connectivity index (χ1) is 12.3. The highest BCUT2D eigenvalue weighted by Crippen LogP contribution is 2.13. The topological polar surface area (TPSA) is 59.8 Å². The zero-order valence-corrected chi connectivity index (χ0v) is 15.1. The molecule has 0 saturated carbocycles. The first-order valence-electron chi connectivity index (χ1n) is 8.58. The summed E-state index contributed by atoms with van der Waals surface area (Å²) >= 11 is 0. The molecule has 2 N–H and O–H groups in total. The number of nitrogens with zero attached hydrogens (tertiary/aromatic N) is 2. The lowest BCUT2D eigenvalue weighted by molar-refractivity contribution is 0.172. The Morgan fingerprint density at radius 2 is 1.96 bits per heavy atom. The lowest BCUT2D eigenvalue weighted by Gasteiger charge is -2.13. The van der Waals surface area contributed by atoms with Gasteiger partial charge >= 0.3 is 0 Å². The predicted molar refractivity (Wildman–Crippen MR) is 101 cm³/mol. The fourth-order valence-electron chi connectivity index (χ4n) is 2.37. The minimum atomic E-state index is 0.660. The van der Waals surface area contributed by atoms with Gasteiger partial charge in [0.05, 0.1) is 6.61 Å². The van der Waals surface area contributed by atoms with Crippen LogP contribution in [-0.4, -0.2) is 44.4 Å². The van der Waals surface area contributed by atoms with Gasteiger partial charge in [-0.1, -0.05) is 12.1 Å². The first-order valence-corrected chi connectivity index (χ1v) is 8.58. The second-order valence-corrected chi connectivity index (χ2v) is 5.62. The van der Waals surface area contributed by atoms with E-state index in [0.29, 0.717) is 19.8 Å². The molecule has 1 aromatic carbocycles. The number of benzene rings is 1. The van der Waals surface area contributed by atoms with Gasteiger partial charge in [0.25, 0.3) is 0 Å². The summed E-state index contributed by atoms with van der Waals surface area (Å²) in [6, 6.07) is 12.1. The average molecular weight is 344 g/mol. The molecule has 0 amide bonds. The molecule has 1 aromatic heterocycles. The number of rotatable bonds is 10. The Morgan fingerprint density at radius 1 is 1.12 bits per heavy atom. The molecule has 6 nitrogen and oxygen atoms in total. The molecule has 2 rings (SSSR count). The molecule has 0 atom stereocenters. The van der Waals surface area contributed by atoms with E-state index in [4.69, 9.17) is 9.47 Å². The van der Waals surface area contributed by atoms with Crippen LogP contribution in [0.5, 0.6) is 5.75 Å². The van der Waals surface area contributed by atoms with E-state index in [9.17, 15) is 0 Å². The van der Waals surface area contributed by atoms with Crippen molar-refractivity contribution in [3.63, 3.8) is 0 Å². The van der Waals surface area contributed by atoms with Gasteiger partial charge in [-0.05, 0) is 29.8 Å².